The maximum Gasteiger partial charge on any atom is 2.00 e. The summed E-state index contributed by atoms with van der Waals surface area (Å²) in [6.07, 6.45) is 0. The average Bonchev–Trinajstić information content (AvgIpc) is 1.76. The van der Waals surface area contributed by atoms with E-state index in [2.05, 4.69) is 0 Å². The molecule has 0 spiro atoms. The first-order valence-electron chi connectivity index (χ1n) is 3.63. The van der Waals surface area contributed by atoms with Gasteiger partial charge in [0.15, 0.2) is 0 Å². The Bertz CT molecular complexity index is 165. The molecule has 0 amide bonds. The van der Waals surface area contributed by atoms with Crippen LogP contribution in [0.25, 0.3) is 0 Å². The molecule has 0 aromatic heterocycles. The fourth-order valence-electron chi connectivity index (χ4n) is 0. The zero-order chi connectivity index (χ0) is 14.3. The first-order chi connectivity index (χ1) is 6.93. The monoisotopic (exact) mass is 440 g/mol. The first-order valence-corrected chi connectivity index (χ1v) is 3.63. The Balaban J connectivity index is -0.0000000257. The van der Waals surface area contributed by atoms with Crippen molar-refractivity contribution in [3.05, 3.63) is 0 Å². The molecule has 0 aromatic rings. The number of rotatable bonds is 0. The number of carboxylic acids is 4. The number of hydrogen-bond donors (Lipinski definition) is 0. The maximum atomic E-state index is 8.89. The van der Waals surface area contributed by atoms with E-state index in [1.807, 2.05) is 0 Å². The van der Waals surface area contributed by atoms with Crippen molar-refractivity contribution in [1.29, 1.82) is 0 Å². The topological polar surface area (TPSA) is 161 Å². The molecule has 0 saturated carbocycles. The summed E-state index contributed by atoms with van der Waals surface area (Å²) in [6, 6.07) is 0. The number of carbonyl (C=O) groups excluding carboxylic acids is 4. The number of aliphatic carboxylic acids is 4. The molecule has 18 heavy (non-hydrogen) atoms. The van der Waals surface area contributed by atoms with Crippen molar-refractivity contribution in [3.63, 3.8) is 0 Å². The second-order valence-electron chi connectivity index (χ2n) is 1.97. The molecular weight excluding hydrogens is 426 g/mol. The van der Waals surface area contributed by atoms with E-state index in [0.717, 1.165) is 27.7 Å². The fraction of sp³-hybridized carbons (Fsp3) is 0.500. The summed E-state index contributed by atoms with van der Waals surface area (Å²) < 4.78 is 0. The van der Waals surface area contributed by atoms with E-state index in [1.54, 1.807) is 0 Å². The molecular formula is C8H12O8Ru2. The molecule has 10 heteroatoms. The summed E-state index contributed by atoms with van der Waals surface area (Å²) in [5.41, 5.74) is 0. The minimum atomic E-state index is -1.08. The summed E-state index contributed by atoms with van der Waals surface area (Å²) in [4.78, 5) is 35.6. The zero-order valence-corrected chi connectivity index (χ0v) is 13.4. The smallest absolute Gasteiger partial charge is 0.550 e. The predicted octanol–water partition coefficient (Wildman–Crippen LogP) is -4.98. The van der Waals surface area contributed by atoms with E-state index >= 15 is 0 Å². The summed E-state index contributed by atoms with van der Waals surface area (Å²) in [6.45, 7) is 3.89. The molecule has 108 valence electrons. The Kier molecular flexibility index (Phi) is 59.6. The van der Waals surface area contributed by atoms with E-state index in [1.165, 1.54) is 0 Å². The second kappa shape index (κ2) is 29.8. The number of carboxylic acid groups (broad SMARTS) is 4. The van der Waals surface area contributed by atoms with E-state index < -0.39 is 23.9 Å². The van der Waals surface area contributed by atoms with Gasteiger partial charge in [0.2, 0.25) is 0 Å². The Morgan fingerprint density at radius 3 is 0.500 bits per heavy atom. The van der Waals surface area contributed by atoms with Crippen LogP contribution in [0.2, 0.25) is 0 Å². The van der Waals surface area contributed by atoms with Gasteiger partial charge in [0.25, 0.3) is 0 Å². The van der Waals surface area contributed by atoms with Crippen LogP contribution in [0.4, 0.5) is 0 Å². The minimum absolute atomic E-state index is 0. The summed E-state index contributed by atoms with van der Waals surface area (Å²) in [5.74, 6) is -4.33. The van der Waals surface area contributed by atoms with Crippen LogP contribution < -0.4 is 20.4 Å². The summed E-state index contributed by atoms with van der Waals surface area (Å²) >= 11 is 0. The zero-order valence-electron chi connectivity index (χ0n) is 9.97. The predicted molar refractivity (Wildman–Crippen MR) is 42.7 cm³/mol. The molecule has 0 fully saturated rings. The molecule has 0 atom stereocenters. The van der Waals surface area contributed by atoms with Gasteiger partial charge in [0, 0.05) is 23.9 Å². The van der Waals surface area contributed by atoms with Crippen molar-refractivity contribution in [1.82, 2.24) is 0 Å². The van der Waals surface area contributed by atoms with Gasteiger partial charge < -0.3 is 39.6 Å². The van der Waals surface area contributed by atoms with Crippen LogP contribution in [0, 0.1) is 0 Å². The van der Waals surface area contributed by atoms with Gasteiger partial charge in [-0.3, -0.25) is 0 Å². The first kappa shape index (κ1) is 36.0. The van der Waals surface area contributed by atoms with Gasteiger partial charge in [-0.05, 0) is 27.7 Å². The molecule has 0 N–H and O–H groups in total. The van der Waals surface area contributed by atoms with Gasteiger partial charge in [0.05, 0.1) is 0 Å². The molecule has 8 nitrogen and oxygen atoms in total. The molecule has 0 unspecified atom stereocenters. The van der Waals surface area contributed by atoms with Crippen LogP contribution in [0.5, 0.6) is 0 Å². The third-order valence-electron chi connectivity index (χ3n) is 0. The fourth-order valence-corrected chi connectivity index (χ4v) is 0. The van der Waals surface area contributed by atoms with Crippen LogP contribution >= 0.6 is 0 Å². The molecule has 0 saturated heterocycles. The van der Waals surface area contributed by atoms with Gasteiger partial charge in [-0.25, -0.2) is 0 Å². The van der Waals surface area contributed by atoms with Gasteiger partial charge in [-0.2, -0.15) is 0 Å². The van der Waals surface area contributed by atoms with Crippen molar-refractivity contribution in [3.8, 4) is 0 Å². The third kappa shape index (κ3) is 3960. The van der Waals surface area contributed by atoms with E-state index in [4.69, 9.17) is 39.6 Å². The van der Waals surface area contributed by atoms with Gasteiger partial charge in [-0.1, -0.05) is 0 Å². The Hall–Kier alpha value is -0.873. The minimum Gasteiger partial charge on any atom is -0.550 e. The Labute approximate surface area is 130 Å². The third-order valence-corrected chi connectivity index (χ3v) is 0. The summed E-state index contributed by atoms with van der Waals surface area (Å²) in [7, 11) is 0. The molecule has 0 aliphatic rings. The van der Waals surface area contributed by atoms with Gasteiger partial charge in [-0.15, -0.1) is 0 Å². The molecule has 0 aliphatic heterocycles. The van der Waals surface area contributed by atoms with Crippen LogP contribution in [0.15, 0.2) is 0 Å². The molecule has 0 rings (SSSR count). The average molecular weight is 438 g/mol. The standard InChI is InChI=1S/4C2H4O2.2Ru/c4*1-2(3)4;;/h4*1H3,(H,3,4);;/q;;;;2*+2/p-4. The Morgan fingerprint density at radius 1 is 0.500 bits per heavy atom. The largest absolute Gasteiger partial charge is 2.00 e. The number of hydrogen-bond acceptors (Lipinski definition) is 8. The van der Waals surface area contributed by atoms with E-state index in [-0.39, 0.29) is 39.0 Å². The van der Waals surface area contributed by atoms with Crippen molar-refractivity contribution in [2.75, 3.05) is 0 Å². The molecule has 0 aliphatic carbocycles. The van der Waals surface area contributed by atoms with Gasteiger partial charge in [0.1, 0.15) is 0 Å². The number of carbonyl (C=O) groups is 4. The summed E-state index contributed by atoms with van der Waals surface area (Å²) in [5, 5.41) is 35.6. The van der Waals surface area contributed by atoms with Crippen molar-refractivity contribution in [2.45, 2.75) is 27.7 Å². The van der Waals surface area contributed by atoms with Crippen LogP contribution in [-0.4, -0.2) is 23.9 Å². The van der Waals surface area contributed by atoms with E-state index in [0.29, 0.717) is 0 Å². The molecule has 0 bridgehead atoms. The second-order valence-corrected chi connectivity index (χ2v) is 1.97. The van der Waals surface area contributed by atoms with Crippen molar-refractivity contribution >= 4 is 23.9 Å². The Morgan fingerprint density at radius 2 is 0.500 bits per heavy atom. The quantitative estimate of drug-likeness (QED) is 0.340. The van der Waals surface area contributed by atoms with Crippen molar-refractivity contribution < 1.29 is 78.6 Å². The molecule has 0 radical (unpaired) electrons. The maximum absolute atomic E-state index is 8.89. The van der Waals surface area contributed by atoms with Crippen LogP contribution in [0.1, 0.15) is 27.7 Å². The van der Waals surface area contributed by atoms with Crippen LogP contribution in [-0.2, 0) is 58.1 Å². The SMILES string of the molecule is CC(=O)[O-].CC(=O)[O-].CC(=O)[O-].CC(=O)[O-].[Ru+2].[Ru+2]. The molecule has 0 aromatic carbocycles. The van der Waals surface area contributed by atoms with Crippen molar-refractivity contribution in [2.24, 2.45) is 0 Å². The van der Waals surface area contributed by atoms with E-state index in [9.17, 15) is 0 Å². The normalized spacial score (nSPS) is 5.56. The molecule has 0 heterocycles. The van der Waals surface area contributed by atoms with Gasteiger partial charge >= 0.3 is 39.0 Å². The van der Waals surface area contributed by atoms with Crippen LogP contribution in [0.3, 0.4) is 0 Å².